The first-order valence-corrected chi connectivity index (χ1v) is 9.06. The Bertz CT molecular complexity index is 234. The molecule has 0 radical (unpaired) electrons. The first-order valence-electron chi connectivity index (χ1n) is 9.06. The van der Waals surface area contributed by atoms with Gasteiger partial charge in [-0.1, -0.05) is 77.6 Å². The van der Waals surface area contributed by atoms with Crippen molar-refractivity contribution in [1.29, 1.82) is 0 Å². The van der Waals surface area contributed by atoms with E-state index in [2.05, 4.69) is 6.92 Å². The number of unbranched alkanes of at least 4 members (excludes halogenated alkanes) is 10. The van der Waals surface area contributed by atoms with Gasteiger partial charge < -0.3 is 10.2 Å². The molecule has 0 heterocycles. The van der Waals surface area contributed by atoms with Gasteiger partial charge in [0.1, 0.15) is 0 Å². The summed E-state index contributed by atoms with van der Waals surface area (Å²) in [5.74, 6) is -0.687. The molecule has 1 unspecified atom stereocenters. The minimum absolute atomic E-state index is 0. The Balaban J connectivity index is 0. The molecule has 0 saturated heterocycles. The van der Waals surface area contributed by atoms with E-state index in [0.29, 0.717) is 6.42 Å². The van der Waals surface area contributed by atoms with Crippen molar-refractivity contribution in [3.8, 4) is 0 Å². The molecule has 0 fully saturated rings. The summed E-state index contributed by atoms with van der Waals surface area (Å²) in [4.78, 5) is 10.3. The molecule has 128 valence electrons. The fraction of sp³-hybridized carbons (Fsp3) is 0.944. The second kappa shape index (κ2) is 19.1. The molecule has 2 N–H and O–H groups in total. The van der Waals surface area contributed by atoms with Crippen LogP contribution in [0.25, 0.3) is 0 Å². The number of carboxylic acids is 1. The molecule has 1 atom stereocenters. The molecule has 0 aliphatic carbocycles. The summed E-state index contributed by atoms with van der Waals surface area (Å²) in [6.07, 6.45) is 16.2. The van der Waals surface area contributed by atoms with Crippen molar-refractivity contribution < 1.29 is 15.0 Å². The van der Waals surface area contributed by atoms with Gasteiger partial charge in [0, 0.05) is 6.42 Å². The second-order valence-electron chi connectivity index (χ2n) is 6.26. The summed E-state index contributed by atoms with van der Waals surface area (Å²) in [5.41, 5.74) is 0. The van der Waals surface area contributed by atoms with E-state index in [1.165, 1.54) is 51.4 Å². The number of rotatable bonds is 16. The van der Waals surface area contributed by atoms with Crippen molar-refractivity contribution in [2.45, 2.75) is 109 Å². The Morgan fingerprint density at radius 2 is 1.18 bits per heavy atom. The number of carboxylic acid groups (broad SMARTS) is 1. The van der Waals surface area contributed by atoms with Crippen LogP contribution >= 0.6 is 0 Å². The summed E-state index contributed by atoms with van der Waals surface area (Å²) < 4.78 is 0. The normalized spacial score (nSPS) is 11.9. The fourth-order valence-electron chi connectivity index (χ4n) is 2.67. The van der Waals surface area contributed by atoms with E-state index in [9.17, 15) is 9.90 Å². The third-order valence-corrected chi connectivity index (χ3v) is 4.07. The molecule has 0 bridgehead atoms. The Hall–Kier alpha value is 0.0274. The van der Waals surface area contributed by atoms with Crippen LogP contribution < -0.4 is 0 Å². The number of aliphatic hydroxyl groups excluding tert-OH is 1. The molecule has 3 nitrogen and oxygen atoms in total. The zero-order valence-electron chi connectivity index (χ0n) is 14.0. The van der Waals surface area contributed by atoms with Crippen molar-refractivity contribution in [2.75, 3.05) is 0 Å². The van der Waals surface area contributed by atoms with Crippen LogP contribution in [0.1, 0.15) is 103 Å². The summed E-state index contributed by atoms with van der Waals surface area (Å²) in [7, 11) is 0. The SMILES string of the molecule is CCCCCCCCC(O)CCCCCCCCC(=O)O.[LiH]. The van der Waals surface area contributed by atoms with Gasteiger partial charge in [0.25, 0.3) is 0 Å². The van der Waals surface area contributed by atoms with Crippen molar-refractivity contribution in [3.63, 3.8) is 0 Å². The monoisotopic (exact) mass is 308 g/mol. The van der Waals surface area contributed by atoms with Gasteiger partial charge in [-0.15, -0.1) is 0 Å². The van der Waals surface area contributed by atoms with E-state index in [0.717, 1.165) is 38.5 Å². The standard InChI is InChI=1S/C18H36O3.Li.H/c1-2-3-4-5-8-11-14-17(19)15-12-9-6-7-10-13-16-18(20)21;;/h17,19H,2-16H2,1H3,(H,20,21);;. The third-order valence-electron chi connectivity index (χ3n) is 4.07. The third kappa shape index (κ3) is 20.0. The molecular formula is C18H37LiO3. The van der Waals surface area contributed by atoms with Crippen LogP contribution in [0.5, 0.6) is 0 Å². The molecule has 0 aromatic heterocycles. The van der Waals surface area contributed by atoms with Crippen LogP contribution in [0.3, 0.4) is 0 Å². The average molecular weight is 308 g/mol. The van der Waals surface area contributed by atoms with Gasteiger partial charge in [-0.3, -0.25) is 4.79 Å². The van der Waals surface area contributed by atoms with E-state index in [1.807, 2.05) is 0 Å². The molecule has 0 rings (SSSR count). The van der Waals surface area contributed by atoms with E-state index in [-0.39, 0.29) is 25.0 Å². The van der Waals surface area contributed by atoms with E-state index in [4.69, 9.17) is 5.11 Å². The Morgan fingerprint density at radius 1 is 0.773 bits per heavy atom. The molecule has 0 aromatic rings. The predicted molar refractivity (Wildman–Crippen MR) is 95.7 cm³/mol. The van der Waals surface area contributed by atoms with E-state index in [1.54, 1.807) is 0 Å². The first kappa shape index (κ1) is 24.3. The molecule has 0 spiro atoms. The zero-order valence-corrected chi connectivity index (χ0v) is 14.0. The van der Waals surface area contributed by atoms with Crippen molar-refractivity contribution >= 4 is 24.8 Å². The molecule has 22 heavy (non-hydrogen) atoms. The van der Waals surface area contributed by atoms with Crippen LogP contribution in [0.4, 0.5) is 0 Å². The number of hydrogen-bond donors (Lipinski definition) is 2. The molecule has 0 saturated carbocycles. The van der Waals surface area contributed by atoms with Gasteiger partial charge in [0.15, 0.2) is 0 Å². The van der Waals surface area contributed by atoms with Crippen LogP contribution in [-0.4, -0.2) is 41.1 Å². The maximum atomic E-state index is 10.3. The molecular weight excluding hydrogens is 271 g/mol. The fourth-order valence-corrected chi connectivity index (χ4v) is 2.67. The molecule has 0 aromatic carbocycles. The van der Waals surface area contributed by atoms with Crippen LogP contribution in [0.15, 0.2) is 0 Å². The van der Waals surface area contributed by atoms with Crippen LogP contribution in [0, 0.1) is 0 Å². The Labute approximate surface area is 149 Å². The minimum atomic E-state index is -0.687. The van der Waals surface area contributed by atoms with Gasteiger partial charge in [0.2, 0.25) is 0 Å². The average Bonchev–Trinajstić information content (AvgIpc) is 2.45. The number of aliphatic carboxylic acids is 1. The molecule has 0 aliphatic rings. The summed E-state index contributed by atoms with van der Waals surface area (Å²) in [5, 5.41) is 18.4. The molecule has 0 amide bonds. The zero-order chi connectivity index (χ0) is 15.8. The Kier molecular flexibility index (Phi) is 21.1. The van der Waals surface area contributed by atoms with Gasteiger partial charge in [0.05, 0.1) is 6.10 Å². The number of aliphatic hydroxyl groups is 1. The van der Waals surface area contributed by atoms with Crippen molar-refractivity contribution in [3.05, 3.63) is 0 Å². The van der Waals surface area contributed by atoms with Gasteiger partial charge in [-0.05, 0) is 19.3 Å². The van der Waals surface area contributed by atoms with Gasteiger partial charge in [-0.25, -0.2) is 0 Å². The van der Waals surface area contributed by atoms with E-state index >= 15 is 0 Å². The second-order valence-corrected chi connectivity index (χ2v) is 6.26. The van der Waals surface area contributed by atoms with Crippen molar-refractivity contribution in [1.82, 2.24) is 0 Å². The van der Waals surface area contributed by atoms with Crippen LogP contribution in [0.2, 0.25) is 0 Å². The van der Waals surface area contributed by atoms with E-state index < -0.39 is 5.97 Å². The molecule has 0 aliphatic heterocycles. The summed E-state index contributed by atoms with van der Waals surface area (Å²) in [6, 6.07) is 0. The number of hydrogen-bond acceptors (Lipinski definition) is 2. The van der Waals surface area contributed by atoms with Gasteiger partial charge >= 0.3 is 24.8 Å². The number of carbonyl (C=O) groups is 1. The quantitative estimate of drug-likeness (QED) is 0.322. The Morgan fingerprint density at radius 3 is 1.64 bits per heavy atom. The van der Waals surface area contributed by atoms with Gasteiger partial charge in [-0.2, -0.15) is 0 Å². The topological polar surface area (TPSA) is 57.5 Å². The van der Waals surface area contributed by atoms with Crippen LogP contribution in [-0.2, 0) is 4.79 Å². The summed E-state index contributed by atoms with van der Waals surface area (Å²) in [6.45, 7) is 2.23. The van der Waals surface area contributed by atoms with Crippen molar-refractivity contribution in [2.24, 2.45) is 0 Å². The predicted octanol–water partition coefficient (Wildman–Crippen LogP) is 4.65. The summed E-state index contributed by atoms with van der Waals surface area (Å²) >= 11 is 0. The first-order chi connectivity index (χ1) is 10.2. The molecule has 4 heteroatoms. The maximum absolute atomic E-state index is 10.3.